The smallest absolute Gasteiger partial charge is 0.269 e. The Morgan fingerprint density at radius 3 is 2.69 bits per heavy atom. The molecule has 5 rings (SSSR count). The monoisotopic (exact) mass is 394 g/mol. The van der Waals surface area contributed by atoms with Crippen molar-refractivity contribution >= 4 is 5.69 Å². The van der Waals surface area contributed by atoms with E-state index in [1.165, 1.54) is 4.68 Å². The molecule has 0 unspecified atom stereocenters. The summed E-state index contributed by atoms with van der Waals surface area (Å²) in [5, 5.41) is 26.2. The summed E-state index contributed by atoms with van der Waals surface area (Å²) in [6.45, 7) is 5.66. The average Bonchev–Trinajstić information content (AvgIpc) is 3.00. The molecule has 1 spiro atoms. The van der Waals surface area contributed by atoms with E-state index in [4.69, 9.17) is 4.52 Å². The highest BCUT2D eigenvalue weighted by Gasteiger charge is 2.52. The van der Waals surface area contributed by atoms with Crippen LogP contribution >= 0.6 is 0 Å². The van der Waals surface area contributed by atoms with E-state index in [2.05, 4.69) is 25.4 Å². The Kier molecular flexibility index (Phi) is 4.02. The molecule has 1 saturated heterocycles. The van der Waals surface area contributed by atoms with Crippen LogP contribution in [-0.2, 0) is 6.54 Å². The molecule has 0 amide bonds. The summed E-state index contributed by atoms with van der Waals surface area (Å²) >= 11 is 0. The predicted octanol–water partition coefficient (Wildman–Crippen LogP) is 1.31. The highest BCUT2D eigenvalue weighted by molar-refractivity contribution is 5.58. The molecule has 0 bridgehead atoms. The van der Waals surface area contributed by atoms with Gasteiger partial charge in [-0.15, -0.1) is 5.10 Å². The van der Waals surface area contributed by atoms with Gasteiger partial charge in [-0.25, -0.2) is 4.68 Å². The molecule has 1 aliphatic heterocycles. The first-order chi connectivity index (χ1) is 13.9. The average molecular weight is 394 g/mol. The molecule has 1 saturated carbocycles. The molecule has 1 N–H and O–H groups in total. The van der Waals surface area contributed by atoms with Gasteiger partial charge in [0.15, 0.2) is 0 Å². The fourth-order valence-electron chi connectivity index (χ4n) is 4.31. The lowest BCUT2D eigenvalue weighted by Gasteiger charge is -2.58. The summed E-state index contributed by atoms with van der Waals surface area (Å²) < 4.78 is 6.74. The van der Waals surface area contributed by atoms with Crippen LogP contribution in [0.25, 0.3) is 11.4 Å². The molecule has 9 heteroatoms. The van der Waals surface area contributed by atoms with Crippen LogP contribution in [0.3, 0.4) is 0 Å². The van der Waals surface area contributed by atoms with Gasteiger partial charge >= 0.3 is 0 Å². The number of aliphatic hydroxyl groups is 1. The van der Waals surface area contributed by atoms with Crippen LogP contribution in [0.4, 0.5) is 5.69 Å². The Hall–Kier alpha value is -3.07. The lowest BCUT2D eigenvalue weighted by Crippen LogP contribution is -2.64. The molecule has 0 atom stereocenters. The zero-order chi connectivity index (χ0) is 20.2. The van der Waals surface area contributed by atoms with Gasteiger partial charge in [0.2, 0.25) is 0 Å². The van der Waals surface area contributed by atoms with Crippen LogP contribution in [0.2, 0.25) is 0 Å². The predicted molar refractivity (Wildman–Crippen MR) is 104 cm³/mol. The molecular weight excluding hydrogens is 372 g/mol. The molecule has 3 aromatic heterocycles. The minimum Gasteiger partial charge on any atom is -0.393 e. The number of rotatable bonds is 4. The van der Waals surface area contributed by atoms with E-state index in [1.54, 1.807) is 19.2 Å². The molecule has 29 heavy (non-hydrogen) atoms. The third-order valence-electron chi connectivity index (χ3n) is 5.94. The Bertz CT molecular complexity index is 1110. The summed E-state index contributed by atoms with van der Waals surface area (Å²) in [5.41, 5.74) is 3.62. The Labute approximate surface area is 167 Å². The van der Waals surface area contributed by atoms with Crippen LogP contribution in [0.1, 0.15) is 29.9 Å². The molecular formula is C20H22N6O3. The van der Waals surface area contributed by atoms with Gasteiger partial charge in [-0.1, -0.05) is 5.16 Å². The zero-order valence-electron chi connectivity index (χ0n) is 16.4. The Balaban J connectivity index is 1.36. The summed E-state index contributed by atoms with van der Waals surface area (Å²) in [5.74, 6) is 0.619. The van der Waals surface area contributed by atoms with Crippen molar-refractivity contribution in [2.75, 3.05) is 18.0 Å². The van der Waals surface area contributed by atoms with Gasteiger partial charge in [0.25, 0.3) is 5.56 Å². The van der Waals surface area contributed by atoms with E-state index in [9.17, 15) is 9.90 Å². The SMILES string of the molecule is Cc1ccc(-c2noc(C)c2Cn2ncc(N3CC4(CC(O)C4)C3)cc2=O)nn1. The maximum absolute atomic E-state index is 12.7. The molecule has 4 heterocycles. The first-order valence-electron chi connectivity index (χ1n) is 9.68. The van der Waals surface area contributed by atoms with Crippen molar-refractivity contribution in [2.45, 2.75) is 39.3 Å². The van der Waals surface area contributed by atoms with Gasteiger partial charge in [-0.2, -0.15) is 10.2 Å². The summed E-state index contributed by atoms with van der Waals surface area (Å²) in [7, 11) is 0. The van der Waals surface area contributed by atoms with E-state index in [-0.39, 0.29) is 23.6 Å². The van der Waals surface area contributed by atoms with E-state index < -0.39 is 0 Å². The fourth-order valence-corrected chi connectivity index (χ4v) is 4.31. The van der Waals surface area contributed by atoms with Crippen molar-refractivity contribution in [3.8, 4) is 11.4 Å². The van der Waals surface area contributed by atoms with Crippen molar-refractivity contribution in [1.82, 2.24) is 25.1 Å². The molecule has 0 radical (unpaired) electrons. The third-order valence-corrected chi connectivity index (χ3v) is 5.94. The summed E-state index contributed by atoms with van der Waals surface area (Å²) in [6.07, 6.45) is 3.26. The number of aromatic nitrogens is 5. The topological polar surface area (TPSA) is 110 Å². The first-order valence-corrected chi connectivity index (χ1v) is 9.68. The minimum atomic E-state index is -0.182. The second kappa shape index (κ2) is 6.48. The third kappa shape index (κ3) is 3.11. The van der Waals surface area contributed by atoms with Crippen molar-refractivity contribution in [2.24, 2.45) is 5.41 Å². The van der Waals surface area contributed by atoms with Crippen molar-refractivity contribution in [1.29, 1.82) is 0 Å². The van der Waals surface area contributed by atoms with Crippen LogP contribution in [-0.4, -0.2) is 49.4 Å². The van der Waals surface area contributed by atoms with E-state index in [0.717, 1.165) is 42.9 Å². The maximum Gasteiger partial charge on any atom is 0.269 e. The van der Waals surface area contributed by atoms with Gasteiger partial charge in [-0.05, 0) is 38.8 Å². The van der Waals surface area contributed by atoms with Crippen LogP contribution < -0.4 is 10.5 Å². The number of hydrogen-bond acceptors (Lipinski definition) is 8. The van der Waals surface area contributed by atoms with Gasteiger partial charge < -0.3 is 14.5 Å². The van der Waals surface area contributed by atoms with Gasteiger partial charge in [0.1, 0.15) is 17.1 Å². The lowest BCUT2D eigenvalue weighted by atomic mass is 9.62. The fraction of sp³-hybridized carbons (Fsp3) is 0.450. The second-order valence-corrected chi connectivity index (χ2v) is 8.25. The Morgan fingerprint density at radius 2 is 2.03 bits per heavy atom. The van der Waals surface area contributed by atoms with E-state index >= 15 is 0 Å². The van der Waals surface area contributed by atoms with Crippen LogP contribution in [0.5, 0.6) is 0 Å². The second-order valence-electron chi connectivity index (χ2n) is 8.25. The molecule has 0 aromatic carbocycles. The van der Waals surface area contributed by atoms with Crippen molar-refractivity contribution in [3.05, 3.63) is 51.8 Å². The lowest BCUT2D eigenvalue weighted by molar-refractivity contribution is -0.0492. The van der Waals surface area contributed by atoms with Crippen molar-refractivity contribution < 1.29 is 9.63 Å². The number of aliphatic hydroxyl groups excluding tert-OH is 1. The molecule has 9 nitrogen and oxygen atoms in total. The molecule has 3 aromatic rings. The highest BCUT2D eigenvalue weighted by atomic mass is 16.5. The van der Waals surface area contributed by atoms with E-state index in [1.807, 2.05) is 19.1 Å². The summed E-state index contributed by atoms with van der Waals surface area (Å²) in [4.78, 5) is 14.8. The number of anilines is 1. The van der Waals surface area contributed by atoms with Crippen LogP contribution in [0, 0.1) is 19.3 Å². The van der Waals surface area contributed by atoms with E-state index in [0.29, 0.717) is 17.1 Å². The number of aryl methyl sites for hydroxylation is 2. The molecule has 2 aliphatic rings. The largest absolute Gasteiger partial charge is 0.393 e. The van der Waals surface area contributed by atoms with Crippen molar-refractivity contribution in [3.63, 3.8) is 0 Å². The first kappa shape index (κ1) is 18.0. The zero-order valence-corrected chi connectivity index (χ0v) is 16.4. The maximum atomic E-state index is 12.7. The van der Waals surface area contributed by atoms with Crippen LogP contribution in [0.15, 0.2) is 33.7 Å². The highest BCUT2D eigenvalue weighted by Crippen LogP contribution is 2.49. The quantitative estimate of drug-likeness (QED) is 0.705. The normalized spacial score (nSPS) is 18.0. The molecule has 150 valence electrons. The van der Waals surface area contributed by atoms with Gasteiger partial charge in [0.05, 0.1) is 30.2 Å². The molecule has 2 fully saturated rings. The minimum absolute atomic E-state index is 0.164. The number of hydrogen-bond donors (Lipinski definition) is 1. The Morgan fingerprint density at radius 1 is 1.24 bits per heavy atom. The van der Waals surface area contributed by atoms with Gasteiger partial charge in [-0.3, -0.25) is 4.79 Å². The summed E-state index contributed by atoms with van der Waals surface area (Å²) in [6, 6.07) is 5.30. The standard InChI is InChI=1S/C20H22N6O3/c1-12-3-4-17(23-22-12)19-16(13(2)29-24-19)9-26-18(28)5-14(8-21-26)25-10-20(11-25)6-15(27)7-20/h3-5,8,15,27H,6-7,9-11H2,1-2H3. The number of nitrogens with zero attached hydrogens (tertiary/aromatic N) is 6. The molecule has 1 aliphatic carbocycles. The van der Waals surface area contributed by atoms with Gasteiger partial charge in [0, 0.05) is 30.1 Å².